The molecule has 0 radical (unpaired) electrons. The van der Waals surface area contributed by atoms with Gasteiger partial charge in [0.2, 0.25) is 6.10 Å². The van der Waals surface area contributed by atoms with Crippen LogP contribution in [0.15, 0.2) is 12.2 Å². The van der Waals surface area contributed by atoms with Gasteiger partial charge in [0.25, 0.3) is 0 Å². The van der Waals surface area contributed by atoms with Gasteiger partial charge in [-0.25, -0.2) is 9.59 Å². The van der Waals surface area contributed by atoms with Crippen LogP contribution in [-0.4, -0.2) is 24.1 Å². The van der Waals surface area contributed by atoms with Crippen molar-refractivity contribution in [2.75, 3.05) is 0 Å². The zero-order chi connectivity index (χ0) is 13.8. The first-order valence-corrected chi connectivity index (χ1v) is 7.25. The minimum Gasteiger partial charge on any atom is -0.459 e. The van der Waals surface area contributed by atoms with Gasteiger partial charge in [0, 0.05) is 5.57 Å². The lowest BCUT2D eigenvalue weighted by Crippen LogP contribution is -2.21. The van der Waals surface area contributed by atoms with Crippen LogP contribution in [0.5, 0.6) is 0 Å². The van der Waals surface area contributed by atoms with Crippen molar-refractivity contribution in [1.82, 2.24) is 0 Å². The van der Waals surface area contributed by atoms with E-state index in [9.17, 15) is 9.59 Å². The van der Waals surface area contributed by atoms with Crippen molar-refractivity contribution in [1.29, 1.82) is 0 Å². The molecule has 4 heteroatoms. The summed E-state index contributed by atoms with van der Waals surface area (Å²) in [5.74, 6) is -1.11. The fourth-order valence-electron chi connectivity index (χ4n) is 2.85. The van der Waals surface area contributed by atoms with E-state index in [1.165, 1.54) is 25.7 Å². The number of ether oxygens (including phenoxy) is 2. The topological polar surface area (TPSA) is 52.6 Å². The molecule has 3 atom stereocenters. The van der Waals surface area contributed by atoms with Crippen molar-refractivity contribution in [3.63, 3.8) is 0 Å². The molecule has 2 aliphatic rings. The molecular formula is C15H22O4. The first-order chi connectivity index (χ1) is 9.15. The highest BCUT2D eigenvalue weighted by Gasteiger charge is 2.54. The van der Waals surface area contributed by atoms with Crippen LogP contribution >= 0.6 is 0 Å². The highest BCUT2D eigenvalue weighted by Crippen LogP contribution is 2.39. The van der Waals surface area contributed by atoms with E-state index in [0.717, 1.165) is 19.3 Å². The van der Waals surface area contributed by atoms with E-state index >= 15 is 0 Å². The third-order valence-corrected chi connectivity index (χ3v) is 3.97. The largest absolute Gasteiger partial charge is 0.459 e. The van der Waals surface area contributed by atoms with Gasteiger partial charge < -0.3 is 9.47 Å². The van der Waals surface area contributed by atoms with E-state index in [2.05, 4.69) is 13.5 Å². The van der Waals surface area contributed by atoms with Gasteiger partial charge in [0.1, 0.15) is 6.10 Å². The van der Waals surface area contributed by atoms with Crippen LogP contribution in [0.3, 0.4) is 0 Å². The maximum Gasteiger partial charge on any atom is 0.348 e. The van der Waals surface area contributed by atoms with Crippen LogP contribution in [0, 0.1) is 5.92 Å². The number of unbranched alkanes of at least 4 members (excludes halogenated alkanes) is 5. The minimum absolute atomic E-state index is 0.220. The molecule has 0 amide bonds. The zero-order valence-corrected chi connectivity index (χ0v) is 11.5. The standard InChI is InChI=1S/C15H22O4/c1-3-4-5-6-7-8-9-11-12-10(2)14(16)19-13(12)15(17)18-11/h11-13H,2-9H2,1H3. The molecule has 0 aromatic rings. The van der Waals surface area contributed by atoms with Gasteiger partial charge in [-0.2, -0.15) is 0 Å². The Morgan fingerprint density at radius 3 is 2.47 bits per heavy atom. The number of esters is 2. The molecule has 2 rings (SSSR count). The predicted molar refractivity (Wildman–Crippen MR) is 70.4 cm³/mol. The normalized spacial score (nSPS) is 29.3. The third kappa shape index (κ3) is 2.99. The Morgan fingerprint density at radius 1 is 1.05 bits per heavy atom. The maximum atomic E-state index is 11.6. The summed E-state index contributed by atoms with van der Waals surface area (Å²) < 4.78 is 10.3. The molecule has 0 saturated carbocycles. The molecular weight excluding hydrogens is 244 g/mol. The lowest BCUT2D eigenvalue weighted by Gasteiger charge is -2.14. The van der Waals surface area contributed by atoms with Crippen LogP contribution in [0.4, 0.5) is 0 Å². The van der Waals surface area contributed by atoms with Gasteiger partial charge in [0.05, 0.1) is 5.92 Å². The number of hydrogen-bond donors (Lipinski definition) is 0. The molecule has 19 heavy (non-hydrogen) atoms. The van der Waals surface area contributed by atoms with Gasteiger partial charge in [-0.05, 0) is 12.8 Å². The van der Waals surface area contributed by atoms with Crippen molar-refractivity contribution in [2.24, 2.45) is 5.92 Å². The average Bonchev–Trinajstić information content (AvgIpc) is 2.84. The molecule has 106 valence electrons. The number of carbonyl (C=O) groups is 2. The Bertz CT molecular complexity index is 374. The van der Waals surface area contributed by atoms with Gasteiger partial charge >= 0.3 is 11.9 Å². The second-order valence-corrected chi connectivity index (χ2v) is 5.41. The molecule has 4 nitrogen and oxygen atoms in total. The Morgan fingerprint density at radius 2 is 1.74 bits per heavy atom. The molecule has 2 aliphatic heterocycles. The van der Waals surface area contributed by atoms with E-state index in [1.807, 2.05) is 0 Å². The second-order valence-electron chi connectivity index (χ2n) is 5.41. The predicted octanol–water partition coefficient (Wildman–Crippen LogP) is 2.76. The molecule has 2 heterocycles. The van der Waals surface area contributed by atoms with Gasteiger partial charge in [-0.1, -0.05) is 45.6 Å². The number of cyclic esters (lactones) is 1. The minimum atomic E-state index is -0.731. The molecule has 2 fully saturated rings. The number of fused-ring (bicyclic) bond motifs is 1. The molecule has 0 N–H and O–H groups in total. The van der Waals surface area contributed by atoms with Crippen LogP contribution in [0.25, 0.3) is 0 Å². The Hall–Kier alpha value is -1.32. The summed E-state index contributed by atoms with van der Waals surface area (Å²) in [7, 11) is 0. The van der Waals surface area contributed by atoms with E-state index < -0.39 is 18.0 Å². The van der Waals surface area contributed by atoms with Gasteiger partial charge in [-0.15, -0.1) is 0 Å². The molecule has 2 saturated heterocycles. The third-order valence-electron chi connectivity index (χ3n) is 3.97. The van der Waals surface area contributed by atoms with Crippen LogP contribution in [0.1, 0.15) is 51.9 Å². The molecule has 0 aromatic heterocycles. The molecule has 3 unspecified atom stereocenters. The van der Waals surface area contributed by atoms with Crippen molar-refractivity contribution in [3.05, 3.63) is 12.2 Å². The molecule has 0 aliphatic carbocycles. The summed E-state index contributed by atoms with van der Waals surface area (Å²) in [6.07, 6.45) is 7.02. The summed E-state index contributed by atoms with van der Waals surface area (Å²) in [6, 6.07) is 0. The van der Waals surface area contributed by atoms with E-state index in [1.54, 1.807) is 0 Å². The lowest BCUT2D eigenvalue weighted by atomic mass is 9.90. The van der Waals surface area contributed by atoms with E-state index in [0.29, 0.717) is 5.57 Å². The lowest BCUT2D eigenvalue weighted by molar-refractivity contribution is -0.156. The second kappa shape index (κ2) is 6.22. The molecule has 0 aromatic carbocycles. The zero-order valence-electron chi connectivity index (χ0n) is 11.5. The SMILES string of the molecule is C=C1C(=O)OC2C(=O)OC(CCCCCCCC)C12. The van der Waals surface area contributed by atoms with Gasteiger partial charge in [0.15, 0.2) is 0 Å². The van der Waals surface area contributed by atoms with Crippen molar-refractivity contribution < 1.29 is 19.1 Å². The van der Waals surface area contributed by atoms with Crippen molar-refractivity contribution >= 4 is 11.9 Å². The monoisotopic (exact) mass is 266 g/mol. The molecule has 0 spiro atoms. The number of carbonyl (C=O) groups excluding carboxylic acids is 2. The average molecular weight is 266 g/mol. The van der Waals surface area contributed by atoms with Gasteiger partial charge in [-0.3, -0.25) is 0 Å². The summed E-state index contributed by atoms with van der Waals surface area (Å²) in [5, 5.41) is 0. The van der Waals surface area contributed by atoms with Crippen LogP contribution < -0.4 is 0 Å². The summed E-state index contributed by atoms with van der Waals surface area (Å²) in [5.41, 5.74) is 0.395. The van der Waals surface area contributed by atoms with E-state index in [4.69, 9.17) is 9.47 Å². The fourth-order valence-corrected chi connectivity index (χ4v) is 2.85. The highest BCUT2D eigenvalue weighted by molar-refractivity contribution is 5.97. The Balaban J connectivity index is 1.76. The number of rotatable bonds is 7. The van der Waals surface area contributed by atoms with Crippen molar-refractivity contribution in [2.45, 2.75) is 64.1 Å². The highest BCUT2D eigenvalue weighted by atomic mass is 16.6. The molecule has 0 bridgehead atoms. The fraction of sp³-hybridized carbons (Fsp3) is 0.733. The maximum absolute atomic E-state index is 11.6. The summed E-state index contributed by atoms with van der Waals surface area (Å²) in [6.45, 7) is 5.92. The Kier molecular flexibility index (Phi) is 4.61. The number of hydrogen-bond acceptors (Lipinski definition) is 4. The van der Waals surface area contributed by atoms with Crippen LogP contribution in [0.2, 0.25) is 0 Å². The van der Waals surface area contributed by atoms with E-state index in [-0.39, 0.29) is 12.0 Å². The van der Waals surface area contributed by atoms with Crippen LogP contribution in [-0.2, 0) is 19.1 Å². The summed E-state index contributed by atoms with van der Waals surface area (Å²) in [4.78, 5) is 23.0. The van der Waals surface area contributed by atoms with Crippen molar-refractivity contribution in [3.8, 4) is 0 Å². The first-order valence-electron chi connectivity index (χ1n) is 7.25. The quantitative estimate of drug-likeness (QED) is 0.404. The summed E-state index contributed by atoms with van der Waals surface area (Å²) >= 11 is 0. The Labute approximate surface area is 114 Å². The smallest absolute Gasteiger partial charge is 0.348 e. The first kappa shape index (κ1) is 14.1.